The van der Waals surface area contributed by atoms with E-state index in [-0.39, 0.29) is 5.56 Å². The van der Waals surface area contributed by atoms with Crippen LogP contribution in [-0.2, 0) is 0 Å². The fourth-order valence-corrected chi connectivity index (χ4v) is 1.57. The van der Waals surface area contributed by atoms with Crippen molar-refractivity contribution in [3.63, 3.8) is 0 Å². The predicted molar refractivity (Wildman–Crippen MR) is 65.9 cm³/mol. The normalized spacial score (nSPS) is 10.5. The zero-order valence-corrected chi connectivity index (χ0v) is 10.8. The summed E-state index contributed by atoms with van der Waals surface area (Å²) in [5.74, 6) is -0.320. The fourth-order valence-electron chi connectivity index (χ4n) is 1.08. The van der Waals surface area contributed by atoms with Gasteiger partial charge in [-0.3, -0.25) is 0 Å². The van der Waals surface area contributed by atoms with Crippen molar-refractivity contribution in [3.8, 4) is 0 Å². The zero-order valence-electron chi connectivity index (χ0n) is 9.20. The first kappa shape index (κ1) is 12.9. The number of likely N-dealkylation sites (N-methyl/N-ethyl adjacent to an activating group) is 1. The van der Waals surface area contributed by atoms with Crippen LogP contribution in [0.1, 0.15) is 10.4 Å². The van der Waals surface area contributed by atoms with Gasteiger partial charge in [0.25, 0.3) is 0 Å². The van der Waals surface area contributed by atoms with Crippen LogP contribution in [0.5, 0.6) is 0 Å². The number of carbonyl (C=O) groups is 1. The van der Waals surface area contributed by atoms with Crippen LogP contribution in [-0.4, -0.2) is 48.1 Å². The predicted octanol–water partition coefficient (Wildman–Crippen LogP) is 1.52. The van der Waals surface area contributed by atoms with Crippen LogP contribution in [0.3, 0.4) is 0 Å². The first-order chi connectivity index (χ1) is 7.50. The second kappa shape index (κ2) is 5.81. The highest BCUT2D eigenvalue weighted by Crippen LogP contribution is 2.20. The highest BCUT2D eigenvalue weighted by atomic mass is 79.9. The Kier molecular flexibility index (Phi) is 4.70. The van der Waals surface area contributed by atoms with E-state index in [4.69, 9.17) is 5.11 Å². The molecule has 16 heavy (non-hydrogen) atoms. The molecule has 0 unspecified atom stereocenters. The van der Waals surface area contributed by atoms with Gasteiger partial charge in [-0.2, -0.15) is 0 Å². The summed E-state index contributed by atoms with van der Waals surface area (Å²) in [6, 6.07) is 1.54. The zero-order chi connectivity index (χ0) is 12.1. The Labute approximate surface area is 103 Å². The van der Waals surface area contributed by atoms with Crippen molar-refractivity contribution in [2.24, 2.45) is 0 Å². The van der Waals surface area contributed by atoms with Gasteiger partial charge < -0.3 is 15.3 Å². The van der Waals surface area contributed by atoms with Crippen LogP contribution in [0, 0.1) is 0 Å². The minimum atomic E-state index is -0.979. The lowest BCUT2D eigenvalue weighted by atomic mass is 10.3. The number of hydrogen-bond donors (Lipinski definition) is 2. The number of aromatic nitrogens is 1. The standard InChI is InChI=1S/C10H14BrN3O2/c1-14(2)4-3-12-9-8(11)5-7(6-13-9)10(15)16/h5-6H,3-4H2,1-2H3,(H,12,13)(H,15,16). The molecular weight excluding hydrogens is 274 g/mol. The van der Waals surface area contributed by atoms with Gasteiger partial charge >= 0.3 is 5.97 Å². The molecule has 0 aromatic carbocycles. The maximum absolute atomic E-state index is 10.7. The molecule has 0 fully saturated rings. The molecule has 6 heteroatoms. The lowest BCUT2D eigenvalue weighted by Gasteiger charge is -2.11. The van der Waals surface area contributed by atoms with Gasteiger partial charge in [0.15, 0.2) is 0 Å². The summed E-state index contributed by atoms with van der Waals surface area (Å²) in [5, 5.41) is 11.9. The average molecular weight is 288 g/mol. The number of nitrogens with zero attached hydrogens (tertiary/aromatic N) is 2. The van der Waals surface area contributed by atoms with Crippen LogP contribution in [0.25, 0.3) is 0 Å². The number of halogens is 1. The molecule has 0 aliphatic carbocycles. The van der Waals surface area contributed by atoms with Gasteiger partial charge in [-0.05, 0) is 36.1 Å². The summed E-state index contributed by atoms with van der Waals surface area (Å²) in [7, 11) is 3.97. The smallest absolute Gasteiger partial charge is 0.337 e. The average Bonchev–Trinajstić information content (AvgIpc) is 2.19. The lowest BCUT2D eigenvalue weighted by molar-refractivity contribution is 0.0696. The lowest BCUT2D eigenvalue weighted by Crippen LogP contribution is -2.21. The maximum atomic E-state index is 10.7. The second-order valence-electron chi connectivity index (χ2n) is 3.59. The number of hydrogen-bond acceptors (Lipinski definition) is 4. The van der Waals surface area contributed by atoms with E-state index in [0.29, 0.717) is 10.3 Å². The molecule has 0 bridgehead atoms. The molecule has 0 spiro atoms. The van der Waals surface area contributed by atoms with Crippen molar-refractivity contribution in [2.75, 3.05) is 32.5 Å². The van der Waals surface area contributed by atoms with Crippen molar-refractivity contribution in [3.05, 3.63) is 22.3 Å². The number of anilines is 1. The van der Waals surface area contributed by atoms with Gasteiger partial charge in [0.2, 0.25) is 0 Å². The molecule has 0 saturated carbocycles. The fraction of sp³-hybridized carbons (Fsp3) is 0.400. The number of aromatic carboxylic acids is 1. The largest absolute Gasteiger partial charge is 0.478 e. The summed E-state index contributed by atoms with van der Waals surface area (Å²) in [6.07, 6.45) is 1.34. The van der Waals surface area contributed by atoms with E-state index in [2.05, 4.69) is 26.2 Å². The van der Waals surface area contributed by atoms with E-state index in [0.717, 1.165) is 13.1 Å². The Morgan fingerprint density at radius 2 is 2.31 bits per heavy atom. The summed E-state index contributed by atoms with van der Waals surface area (Å²) in [6.45, 7) is 1.64. The number of carboxylic acid groups (broad SMARTS) is 1. The van der Waals surface area contributed by atoms with Crippen LogP contribution < -0.4 is 5.32 Å². The third-order valence-electron chi connectivity index (χ3n) is 1.94. The second-order valence-corrected chi connectivity index (χ2v) is 4.44. The summed E-state index contributed by atoms with van der Waals surface area (Å²) in [5.41, 5.74) is 0.171. The van der Waals surface area contributed by atoms with E-state index >= 15 is 0 Å². The molecular formula is C10H14BrN3O2. The minimum absolute atomic E-state index is 0.171. The van der Waals surface area contributed by atoms with E-state index in [1.54, 1.807) is 0 Å². The van der Waals surface area contributed by atoms with Crippen molar-refractivity contribution in [1.29, 1.82) is 0 Å². The molecule has 0 aliphatic heterocycles. The van der Waals surface area contributed by atoms with Gasteiger partial charge in [0.1, 0.15) is 5.82 Å². The third kappa shape index (κ3) is 3.79. The molecule has 0 aliphatic rings. The first-order valence-corrected chi connectivity index (χ1v) is 5.57. The molecule has 0 radical (unpaired) electrons. The van der Waals surface area contributed by atoms with E-state index in [9.17, 15) is 4.79 Å². The molecule has 0 atom stereocenters. The van der Waals surface area contributed by atoms with Crippen molar-refractivity contribution in [2.45, 2.75) is 0 Å². The monoisotopic (exact) mass is 287 g/mol. The summed E-state index contributed by atoms with van der Waals surface area (Å²) < 4.78 is 0.658. The summed E-state index contributed by atoms with van der Waals surface area (Å²) >= 11 is 3.28. The topological polar surface area (TPSA) is 65.5 Å². The van der Waals surface area contributed by atoms with Crippen LogP contribution in [0.4, 0.5) is 5.82 Å². The number of nitrogens with one attached hydrogen (secondary N) is 1. The Bertz CT molecular complexity index is 382. The summed E-state index contributed by atoms with van der Waals surface area (Å²) in [4.78, 5) is 16.8. The Morgan fingerprint density at radius 3 is 2.81 bits per heavy atom. The highest BCUT2D eigenvalue weighted by Gasteiger charge is 2.07. The Hall–Kier alpha value is -1.14. The van der Waals surface area contributed by atoms with Crippen LogP contribution in [0.2, 0.25) is 0 Å². The molecule has 5 nitrogen and oxygen atoms in total. The van der Waals surface area contributed by atoms with Crippen LogP contribution in [0.15, 0.2) is 16.7 Å². The molecule has 0 saturated heterocycles. The van der Waals surface area contributed by atoms with Gasteiger partial charge in [0, 0.05) is 19.3 Å². The third-order valence-corrected chi connectivity index (χ3v) is 2.54. The van der Waals surface area contributed by atoms with Crippen molar-refractivity contribution in [1.82, 2.24) is 9.88 Å². The Balaban J connectivity index is 2.64. The van der Waals surface area contributed by atoms with E-state index in [1.165, 1.54) is 12.3 Å². The number of pyridine rings is 1. The van der Waals surface area contributed by atoms with E-state index < -0.39 is 5.97 Å². The van der Waals surface area contributed by atoms with E-state index in [1.807, 2.05) is 19.0 Å². The molecule has 1 aromatic heterocycles. The van der Waals surface area contributed by atoms with Gasteiger partial charge in [0.05, 0.1) is 10.0 Å². The molecule has 2 N–H and O–H groups in total. The SMILES string of the molecule is CN(C)CCNc1ncc(C(=O)O)cc1Br. The van der Waals surface area contributed by atoms with Gasteiger partial charge in [-0.15, -0.1) is 0 Å². The number of rotatable bonds is 5. The van der Waals surface area contributed by atoms with Crippen LogP contribution >= 0.6 is 15.9 Å². The minimum Gasteiger partial charge on any atom is -0.478 e. The highest BCUT2D eigenvalue weighted by molar-refractivity contribution is 9.10. The molecule has 1 heterocycles. The quantitative estimate of drug-likeness (QED) is 0.860. The number of carboxylic acids is 1. The molecule has 1 aromatic rings. The first-order valence-electron chi connectivity index (χ1n) is 4.78. The van der Waals surface area contributed by atoms with Crippen molar-refractivity contribution < 1.29 is 9.90 Å². The van der Waals surface area contributed by atoms with Crippen molar-refractivity contribution >= 4 is 27.7 Å². The molecule has 88 valence electrons. The van der Waals surface area contributed by atoms with Gasteiger partial charge in [-0.25, -0.2) is 9.78 Å². The molecule has 1 rings (SSSR count). The maximum Gasteiger partial charge on any atom is 0.337 e. The Morgan fingerprint density at radius 1 is 1.62 bits per heavy atom. The van der Waals surface area contributed by atoms with Gasteiger partial charge in [-0.1, -0.05) is 0 Å². The molecule has 0 amide bonds.